The molecule has 0 amide bonds. The van der Waals surface area contributed by atoms with Gasteiger partial charge in [0.2, 0.25) is 5.95 Å². The molecule has 2 heterocycles. The second-order valence-corrected chi connectivity index (χ2v) is 5.15. The molecule has 3 rings (SSSR count). The fourth-order valence-corrected chi connectivity index (χ4v) is 2.55. The van der Waals surface area contributed by atoms with E-state index in [4.69, 9.17) is 17.3 Å². The van der Waals surface area contributed by atoms with E-state index in [0.29, 0.717) is 11.0 Å². The standard InChI is InChI=1S/C14H16ClN5/c15-11-3-1-2-10(8-11)12-9-18-14(16)19-13(12)20-6-4-17-5-7-20/h1-3,8-9,17H,4-7H2,(H2,16,18,19). The lowest BCUT2D eigenvalue weighted by Crippen LogP contribution is -2.44. The average Bonchev–Trinajstić information content (AvgIpc) is 2.48. The third kappa shape index (κ3) is 2.69. The van der Waals surface area contributed by atoms with E-state index in [1.807, 2.05) is 24.3 Å². The second-order valence-electron chi connectivity index (χ2n) is 4.71. The fraction of sp³-hybridized carbons (Fsp3) is 0.286. The van der Waals surface area contributed by atoms with Crippen molar-refractivity contribution in [3.05, 3.63) is 35.5 Å². The molecular weight excluding hydrogens is 274 g/mol. The maximum Gasteiger partial charge on any atom is 0.221 e. The predicted octanol–water partition coefficient (Wildman–Crippen LogP) is 1.79. The Balaban J connectivity index is 2.05. The Morgan fingerprint density at radius 3 is 2.80 bits per heavy atom. The number of rotatable bonds is 2. The van der Waals surface area contributed by atoms with Gasteiger partial charge in [-0.1, -0.05) is 23.7 Å². The van der Waals surface area contributed by atoms with Crippen LogP contribution in [-0.4, -0.2) is 36.1 Å². The Kier molecular flexibility index (Phi) is 3.71. The molecule has 1 aromatic carbocycles. The van der Waals surface area contributed by atoms with Crippen LogP contribution in [0.4, 0.5) is 11.8 Å². The van der Waals surface area contributed by atoms with Crippen LogP contribution in [0.5, 0.6) is 0 Å². The molecule has 0 spiro atoms. The summed E-state index contributed by atoms with van der Waals surface area (Å²) >= 11 is 6.08. The molecule has 104 valence electrons. The van der Waals surface area contributed by atoms with Gasteiger partial charge in [-0.05, 0) is 17.7 Å². The summed E-state index contributed by atoms with van der Waals surface area (Å²) in [6.07, 6.45) is 1.77. The van der Waals surface area contributed by atoms with Crippen LogP contribution in [0.25, 0.3) is 11.1 Å². The molecule has 1 aliphatic rings. The van der Waals surface area contributed by atoms with Crippen molar-refractivity contribution >= 4 is 23.4 Å². The van der Waals surface area contributed by atoms with E-state index in [1.165, 1.54) is 0 Å². The van der Waals surface area contributed by atoms with Crippen molar-refractivity contribution in [1.29, 1.82) is 0 Å². The van der Waals surface area contributed by atoms with E-state index in [-0.39, 0.29) is 0 Å². The van der Waals surface area contributed by atoms with E-state index in [0.717, 1.165) is 43.1 Å². The van der Waals surface area contributed by atoms with Crippen molar-refractivity contribution in [2.24, 2.45) is 0 Å². The number of benzene rings is 1. The minimum Gasteiger partial charge on any atom is -0.368 e. The zero-order chi connectivity index (χ0) is 13.9. The van der Waals surface area contributed by atoms with Gasteiger partial charge in [0.15, 0.2) is 0 Å². The smallest absolute Gasteiger partial charge is 0.221 e. The van der Waals surface area contributed by atoms with E-state index in [1.54, 1.807) is 6.20 Å². The molecule has 0 saturated carbocycles. The number of piperazine rings is 1. The summed E-state index contributed by atoms with van der Waals surface area (Å²) in [6.45, 7) is 3.70. The quantitative estimate of drug-likeness (QED) is 0.882. The lowest BCUT2D eigenvalue weighted by atomic mass is 10.1. The summed E-state index contributed by atoms with van der Waals surface area (Å²) in [7, 11) is 0. The van der Waals surface area contributed by atoms with Crippen LogP contribution in [0, 0.1) is 0 Å². The maximum absolute atomic E-state index is 6.08. The van der Waals surface area contributed by atoms with Gasteiger partial charge in [0.05, 0.1) is 0 Å². The largest absolute Gasteiger partial charge is 0.368 e. The summed E-state index contributed by atoms with van der Waals surface area (Å²) in [4.78, 5) is 10.8. The lowest BCUT2D eigenvalue weighted by Gasteiger charge is -2.30. The molecule has 0 bridgehead atoms. The molecule has 1 aliphatic heterocycles. The zero-order valence-electron chi connectivity index (χ0n) is 11.0. The van der Waals surface area contributed by atoms with E-state index in [2.05, 4.69) is 20.2 Å². The number of anilines is 2. The van der Waals surface area contributed by atoms with Crippen molar-refractivity contribution in [2.75, 3.05) is 36.8 Å². The normalized spacial score (nSPS) is 15.3. The predicted molar refractivity (Wildman–Crippen MR) is 82.0 cm³/mol. The van der Waals surface area contributed by atoms with Gasteiger partial charge in [-0.25, -0.2) is 4.98 Å². The van der Waals surface area contributed by atoms with Crippen LogP contribution in [-0.2, 0) is 0 Å². The molecule has 0 aliphatic carbocycles. The number of halogens is 1. The van der Waals surface area contributed by atoms with Gasteiger partial charge in [0.1, 0.15) is 5.82 Å². The third-order valence-corrected chi connectivity index (χ3v) is 3.57. The van der Waals surface area contributed by atoms with Gasteiger partial charge in [0, 0.05) is 43.0 Å². The summed E-state index contributed by atoms with van der Waals surface area (Å²) in [5.41, 5.74) is 7.72. The van der Waals surface area contributed by atoms with Crippen molar-refractivity contribution in [1.82, 2.24) is 15.3 Å². The van der Waals surface area contributed by atoms with Crippen LogP contribution in [0.1, 0.15) is 0 Å². The summed E-state index contributed by atoms with van der Waals surface area (Å²) in [5.74, 6) is 1.17. The molecule has 20 heavy (non-hydrogen) atoms. The highest BCUT2D eigenvalue weighted by Crippen LogP contribution is 2.30. The number of aromatic nitrogens is 2. The zero-order valence-corrected chi connectivity index (χ0v) is 11.8. The van der Waals surface area contributed by atoms with Gasteiger partial charge in [-0.15, -0.1) is 0 Å². The average molecular weight is 290 g/mol. The van der Waals surface area contributed by atoms with E-state index >= 15 is 0 Å². The molecule has 5 nitrogen and oxygen atoms in total. The van der Waals surface area contributed by atoms with Crippen molar-refractivity contribution < 1.29 is 0 Å². The molecule has 0 unspecified atom stereocenters. The Morgan fingerprint density at radius 2 is 2.05 bits per heavy atom. The second kappa shape index (κ2) is 5.64. The molecular formula is C14H16ClN5. The first-order chi connectivity index (χ1) is 9.74. The molecule has 2 aromatic rings. The SMILES string of the molecule is Nc1ncc(-c2cccc(Cl)c2)c(N2CCNCC2)n1. The van der Waals surface area contributed by atoms with Gasteiger partial charge in [-0.3, -0.25) is 0 Å². The first-order valence-electron chi connectivity index (χ1n) is 6.58. The lowest BCUT2D eigenvalue weighted by molar-refractivity contribution is 0.585. The number of nitrogens with one attached hydrogen (secondary N) is 1. The van der Waals surface area contributed by atoms with Gasteiger partial charge in [0.25, 0.3) is 0 Å². The summed E-state index contributed by atoms with van der Waals surface area (Å²) in [6, 6.07) is 7.71. The first-order valence-corrected chi connectivity index (χ1v) is 6.96. The van der Waals surface area contributed by atoms with Crippen LogP contribution < -0.4 is 16.0 Å². The third-order valence-electron chi connectivity index (χ3n) is 3.34. The highest BCUT2D eigenvalue weighted by Gasteiger charge is 2.17. The number of nitrogen functional groups attached to an aromatic ring is 1. The van der Waals surface area contributed by atoms with Crippen LogP contribution in [0.3, 0.4) is 0 Å². The highest BCUT2D eigenvalue weighted by atomic mass is 35.5. The number of nitrogens with zero attached hydrogens (tertiary/aromatic N) is 3. The molecule has 6 heteroatoms. The molecule has 1 aromatic heterocycles. The maximum atomic E-state index is 6.08. The minimum atomic E-state index is 0.296. The minimum absolute atomic E-state index is 0.296. The fourth-order valence-electron chi connectivity index (χ4n) is 2.36. The topological polar surface area (TPSA) is 67.1 Å². The number of hydrogen-bond acceptors (Lipinski definition) is 5. The molecule has 1 saturated heterocycles. The monoisotopic (exact) mass is 289 g/mol. The number of nitrogens with two attached hydrogens (primary N) is 1. The molecule has 0 radical (unpaired) electrons. The summed E-state index contributed by atoms with van der Waals surface area (Å²) in [5, 5.41) is 4.03. The first kappa shape index (κ1) is 13.1. The Labute approximate surface area is 122 Å². The Morgan fingerprint density at radius 1 is 1.25 bits per heavy atom. The van der Waals surface area contributed by atoms with E-state index in [9.17, 15) is 0 Å². The van der Waals surface area contributed by atoms with Crippen LogP contribution in [0.15, 0.2) is 30.5 Å². The van der Waals surface area contributed by atoms with Crippen molar-refractivity contribution in [3.63, 3.8) is 0 Å². The molecule has 3 N–H and O–H groups in total. The molecule has 1 fully saturated rings. The van der Waals surface area contributed by atoms with Crippen LogP contribution >= 0.6 is 11.6 Å². The number of hydrogen-bond donors (Lipinski definition) is 2. The molecule has 0 atom stereocenters. The van der Waals surface area contributed by atoms with Crippen molar-refractivity contribution in [3.8, 4) is 11.1 Å². The van der Waals surface area contributed by atoms with Gasteiger partial charge >= 0.3 is 0 Å². The Hall–Kier alpha value is -1.85. The van der Waals surface area contributed by atoms with Gasteiger partial charge in [-0.2, -0.15) is 4.98 Å². The summed E-state index contributed by atoms with van der Waals surface area (Å²) < 4.78 is 0. The van der Waals surface area contributed by atoms with Crippen molar-refractivity contribution in [2.45, 2.75) is 0 Å². The van der Waals surface area contributed by atoms with E-state index < -0.39 is 0 Å². The van der Waals surface area contributed by atoms with Crippen LogP contribution in [0.2, 0.25) is 5.02 Å². The highest BCUT2D eigenvalue weighted by molar-refractivity contribution is 6.30. The Bertz CT molecular complexity index is 610. The van der Waals surface area contributed by atoms with Gasteiger partial charge < -0.3 is 16.0 Å².